The summed E-state index contributed by atoms with van der Waals surface area (Å²) >= 11 is -3.91. The topological polar surface area (TPSA) is 74.1 Å². The molecular weight excluding hydrogens is 446 g/mol. The molecule has 0 N–H and O–H groups in total. The van der Waals surface area contributed by atoms with Gasteiger partial charge in [-0.25, -0.2) is 8.42 Å². The van der Waals surface area contributed by atoms with Crippen molar-refractivity contribution in [1.29, 1.82) is 0 Å². The molecule has 0 aliphatic carbocycles. The summed E-state index contributed by atoms with van der Waals surface area (Å²) in [7, 11) is 0. The van der Waals surface area contributed by atoms with E-state index in [1.165, 1.54) is 0 Å². The third-order valence-corrected chi connectivity index (χ3v) is 7.39. The van der Waals surface area contributed by atoms with Crippen LogP contribution in [0.15, 0.2) is 46.3 Å². The van der Waals surface area contributed by atoms with Crippen molar-refractivity contribution >= 4 is 33.5 Å². The fourth-order valence-corrected chi connectivity index (χ4v) is 6.11. The molecule has 2 unspecified atom stereocenters. The van der Waals surface area contributed by atoms with E-state index in [9.17, 15) is 13.2 Å². The maximum absolute atomic E-state index is 13.8. The van der Waals surface area contributed by atoms with Gasteiger partial charge in [0.05, 0.1) is 18.7 Å². The molecule has 0 aliphatic rings. The van der Waals surface area contributed by atoms with Crippen LogP contribution in [0, 0.1) is 20.8 Å². The van der Waals surface area contributed by atoms with Crippen LogP contribution in [0.4, 0.5) is 0 Å². The molecule has 0 saturated heterocycles. The minimum atomic E-state index is -1.99. The van der Waals surface area contributed by atoms with Crippen LogP contribution in [0.5, 0.6) is 0 Å². The molecule has 2 heterocycles. The first-order chi connectivity index (χ1) is 15.3. The lowest BCUT2D eigenvalue weighted by molar-refractivity contribution is 0.102. The molecule has 2 atom stereocenters. The van der Waals surface area contributed by atoms with Crippen LogP contribution in [0.1, 0.15) is 59.4 Å². The first-order valence-electron chi connectivity index (χ1n) is 10.7. The van der Waals surface area contributed by atoms with Crippen molar-refractivity contribution in [2.24, 2.45) is 0 Å². The van der Waals surface area contributed by atoms with Crippen molar-refractivity contribution in [2.75, 3.05) is 13.2 Å². The molecule has 0 saturated carbocycles. The lowest BCUT2D eigenvalue weighted by Gasteiger charge is -2.10. The van der Waals surface area contributed by atoms with E-state index in [4.69, 9.17) is 8.37 Å². The van der Waals surface area contributed by atoms with Gasteiger partial charge in [0.1, 0.15) is 15.5 Å². The summed E-state index contributed by atoms with van der Waals surface area (Å²) < 4.78 is 39.3. The van der Waals surface area contributed by atoms with E-state index in [-0.39, 0.29) is 34.5 Å². The molecular formula is C24H29NO5S2. The minimum absolute atomic E-state index is 0.118. The molecule has 0 radical (unpaired) electrons. The summed E-state index contributed by atoms with van der Waals surface area (Å²) in [6, 6.07) is 9.24. The summed E-state index contributed by atoms with van der Waals surface area (Å²) in [4.78, 5) is 14.2. The number of nitrogens with zero attached hydrogens (tertiary/aromatic N) is 1. The van der Waals surface area contributed by atoms with E-state index in [0.717, 1.165) is 16.7 Å². The lowest BCUT2D eigenvalue weighted by Crippen LogP contribution is -2.13. The molecule has 6 nitrogen and oxygen atoms in total. The van der Waals surface area contributed by atoms with Crippen LogP contribution >= 0.6 is 0 Å². The van der Waals surface area contributed by atoms with Gasteiger partial charge in [-0.1, -0.05) is 43.7 Å². The molecule has 0 spiro atoms. The Morgan fingerprint density at radius 1 is 0.906 bits per heavy atom. The van der Waals surface area contributed by atoms with Crippen molar-refractivity contribution in [1.82, 2.24) is 4.40 Å². The number of aryl methyl sites for hydroxylation is 3. The predicted molar refractivity (Wildman–Crippen MR) is 127 cm³/mol. The average Bonchev–Trinajstić information content (AvgIpc) is 3.12. The molecule has 3 rings (SSSR count). The number of pyridine rings is 1. The van der Waals surface area contributed by atoms with E-state index in [2.05, 4.69) is 0 Å². The van der Waals surface area contributed by atoms with Crippen molar-refractivity contribution in [3.63, 3.8) is 0 Å². The first kappa shape index (κ1) is 24.5. The quantitative estimate of drug-likeness (QED) is 0.386. The highest BCUT2D eigenvalue weighted by molar-refractivity contribution is 7.83. The second-order valence-corrected chi connectivity index (χ2v) is 9.90. The molecule has 172 valence electrons. The SMILES string of the molecule is CCCOS(=O)c1c(S(=O)OCCC)c2c(C)cccn2c1C(=O)c1ccc(C)cc1C. The number of carbonyl (C=O) groups is 1. The van der Waals surface area contributed by atoms with E-state index < -0.39 is 22.2 Å². The zero-order valence-electron chi connectivity index (χ0n) is 19.1. The van der Waals surface area contributed by atoms with Crippen LogP contribution in [-0.2, 0) is 30.5 Å². The second kappa shape index (κ2) is 10.7. The number of rotatable bonds is 10. The lowest BCUT2D eigenvalue weighted by atomic mass is 10.0. The maximum atomic E-state index is 13.8. The number of ketones is 1. The van der Waals surface area contributed by atoms with Crippen molar-refractivity contribution in [3.8, 4) is 0 Å². The molecule has 8 heteroatoms. The minimum Gasteiger partial charge on any atom is -0.311 e. The molecule has 0 bridgehead atoms. The summed E-state index contributed by atoms with van der Waals surface area (Å²) in [5, 5.41) is 0. The Hall–Kier alpha value is -2.13. The molecule has 0 aliphatic heterocycles. The highest BCUT2D eigenvalue weighted by Crippen LogP contribution is 2.34. The molecule has 0 amide bonds. The Kier molecular flexibility index (Phi) is 8.16. The molecule has 0 fully saturated rings. The Bertz CT molecular complexity index is 1200. The van der Waals surface area contributed by atoms with Crippen LogP contribution in [-0.4, -0.2) is 31.8 Å². The fourth-order valence-electron chi connectivity index (χ4n) is 3.57. The summed E-state index contributed by atoms with van der Waals surface area (Å²) in [6.07, 6.45) is 3.05. The number of hydrogen-bond acceptors (Lipinski definition) is 5. The summed E-state index contributed by atoms with van der Waals surface area (Å²) in [5.41, 5.74) is 3.89. The van der Waals surface area contributed by atoms with Crippen molar-refractivity contribution in [2.45, 2.75) is 57.3 Å². The van der Waals surface area contributed by atoms with Gasteiger partial charge >= 0.3 is 0 Å². The average molecular weight is 476 g/mol. The smallest absolute Gasteiger partial charge is 0.211 e. The molecule has 32 heavy (non-hydrogen) atoms. The van der Waals surface area contributed by atoms with Gasteiger partial charge in [0.2, 0.25) is 5.78 Å². The zero-order chi connectivity index (χ0) is 23.4. The van der Waals surface area contributed by atoms with Crippen LogP contribution in [0.2, 0.25) is 0 Å². The maximum Gasteiger partial charge on any atom is 0.211 e. The van der Waals surface area contributed by atoms with Gasteiger partial charge in [0.15, 0.2) is 22.2 Å². The first-order valence-corrected chi connectivity index (χ1v) is 12.8. The third-order valence-electron chi connectivity index (χ3n) is 5.04. The zero-order valence-corrected chi connectivity index (χ0v) is 20.7. The molecule has 2 aromatic heterocycles. The largest absolute Gasteiger partial charge is 0.311 e. The molecule has 3 aromatic rings. The summed E-state index contributed by atoms with van der Waals surface area (Å²) in [6.45, 7) is 10.0. The number of carbonyl (C=O) groups excluding carboxylic acids is 1. The van der Waals surface area contributed by atoms with Gasteiger partial charge in [-0.2, -0.15) is 0 Å². The number of benzene rings is 1. The second-order valence-electron chi connectivity index (χ2n) is 7.68. The Labute approximate surface area is 194 Å². The van der Waals surface area contributed by atoms with Gasteiger partial charge in [-0.15, -0.1) is 0 Å². The number of aromatic nitrogens is 1. The van der Waals surface area contributed by atoms with E-state index >= 15 is 0 Å². The Morgan fingerprint density at radius 2 is 1.53 bits per heavy atom. The predicted octanol–water partition coefficient (Wildman–Crippen LogP) is 4.99. The Balaban J connectivity index is 2.35. The molecule has 1 aromatic carbocycles. The number of fused-ring (bicyclic) bond motifs is 1. The Morgan fingerprint density at radius 3 is 2.12 bits per heavy atom. The van der Waals surface area contributed by atoms with Crippen LogP contribution < -0.4 is 0 Å². The van der Waals surface area contributed by atoms with Crippen LogP contribution in [0.25, 0.3) is 5.52 Å². The van der Waals surface area contributed by atoms with Crippen molar-refractivity contribution in [3.05, 3.63) is 64.5 Å². The van der Waals surface area contributed by atoms with Gasteiger partial charge < -0.3 is 4.40 Å². The van der Waals surface area contributed by atoms with Gasteiger partial charge in [0, 0.05) is 11.8 Å². The van der Waals surface area contributed by atoms with Crippen LogP contribution in [0.3, 0.4) is 0 Å². The van der Waals surface area contributed by atoms with E-state index in [1.807, 2.05) is 52.8 Å². The van der Waals surface area contributed by atoms with Crippen molar-refractivity contribution < 1.29 is 21.6 Å². The highest BCUT2D eigenvalue weighted by atomic mass is 32.2. The monoisotopic (exact) mass is 475 g/mol. The van der Waals surface area contributed by atoms with E-state index in [0.29, 0.717) is 23.9 Å². The highest BCUT2D eigenvalue weighted by Gasteiger charge is 2.33. The standard InChI is InChI=1S/C24H29NO5S2/c1-6-13-29-31(27)23-20-17(4)9-8-12-25(20)21(24(23)32(28)30-14-7-2)22(26)19-11-10-16(3)15-18(19)5/h8-12,15H,6-7,13-14H2,1-5H3. The summed E-state index contributed by atoms with van der Waals surface area (Å²) in [5.74, 6) is -0.301. The van der Waals surface area contributed by atoms with Gasteiger partial charge in [0.25, 0.3) is 0 Å². The third kappa shape index (κ3) is 4.78. The van der Waals surface area contributed by atoms with Gasteiger partial charge in [-0.05, 0) is 50.8 Å². The normalized spacial score (nSPS) is 13.4. The van der Waals surface area contributed by atoms with E-state index in [1.54, 1.807) is 22.7 Å². The fraction of sp³-hybridized carbons (Fsp3) is 0.375. The van der Waals surface area contributed by atoms with Gasteiger partial charge in [-0.3, -0.25) is 13.2 Å². The number of hydrogen-bond donors (Lipinski definition) is 0.